The number of hydrogen-bond acceptors (Lipinski definition) is 0. The van der Waals surface area contributed by atoms with Crippen molar-refractivity contribution in [1.82, 2.24) is 4.57 Å². The summed E-state index contributed by atoms with van der Waals surface area (Å²) in [5.74, 6) is 0. The van der Waals surface area contributed by atoms with Crippen molar-refractivity contribution in [3.63, 3.8) is 0 Å². The molecule has 0 fully saturated rings. The van der Waals surface area contributed by atoms with Gasteiger partial charge in [0.25, 0.3) is 0 Å². The lowest BCUT2D eigenvalue weighted by Gasteiger charge is -2.22. The van der Waals surface area contributed by atoms with E-state index in [4.69, 9.17) is 0 Å². The van der Waals surface area contributed by atoms with Crippen LogP contribution in [0.2, 0.25) is 0 Å². The number of aromatic nitrogens is 2. The summed E-state index contributed by atoms with van der Waals surface area (Å²) in [5.41, 5.74) is 7.78. The van der Waals surface area contributed by atoms with Crippen LogP contribution in [0, 0.1) is 13.8 Å². The minimum Gasteiger partial charge on any atom is -0.351 e. The molecule has 4 aromatic rings. The van der Waals surface area contributed by atoms with Gasteiger partial charge in [-0.05, 0) is 47.6 Å². The fourth-order valence-electron chi connectivity index (χ4n) is 3.94. The second kappa shape index (κ2) is 6.63. The molecule has 0 atom stereocenters. The second-order valence-corrected chi connectivity index (χ2v) is 8.84. The van der Waals surface area contributed by atoms with Crippen molar-refractivity contribution in [1.29, 1.82) is 0 Å². The van der Waals surface area contributed by atoms with E-state index in [0.29, 0.717) is 0 Å². The SMILES string of the molecule is Cc1c(-c2cccn2C)cc(C(C)(C)C)cc1-[n+]1cc2ccccc2cc1C. The first-order chi connectivity index (χ1) is 13.3. The number of benzene rings is 2. The van der Waals surface area contributed by atoms with Crippen LogP contribution >= 0.6 is 0 Å². The van der Waals surface area contributed by atoms with Crippen molar-refractivity contribution in [2.24, 2.45) is 7.05 Å². The van der Waals surface area contributed by atoms with E-state index in [1.807, 2.05) is 0 Å². The van der Waals surface area contributed by atoms with Crippen LogP contribution in [0.1, 0.15) is 37.6 Å². The van der Waals surface area contributed by atoms with Crippen LogP contribution in [0.4, 0.5) is 0 Å². The van der Waals surface area contributed by atoms with Gasteiger partial charge in [-0.25, -0.2) is 0 Å². The molecule has 28 heavy (non-hydrogen) atoms. The van der Waals surface area contributed by atoms with Gasteiger partial charge in [0, 0.05) is 54.5 Å². The smallest absolute Gasteiger partial charge is 0.214 e. The average Bonchev–Trinajstić information content (AvgIpc) is 3.06. The molecule has 0 N–H and O–H groups in total. The molecule has 0 amide bonds. The van der Waals surface area contributed by atoms with E-state index in [9.17, 15) is 0 Å². The normalized spacial score (nSPS) is 11.9. The molecule has 142 valence electrons. The number of hydrogen-bond donors (Lipinski definition) is 0. The Morgan fingerprint density at radius 2 is 1.57 bits per heavy atom. The number of aryl methyl sites for hydroxylation is 2. The summed E-state index contributed by atoms with van der Waals surface area (Å²) in [6, 6.07) is 19.9. The highest BCUT2D eigenvalue weighted by Gasteiger charge is 2.24. The van der Waals surface area contributed by atoms with Crippen molar-refractivity contribution in [2.45, 2.75) is 40.0 Å². The van der Waals surface area contributed by atoms with Gasteiger partial charge >= 0.3 is 0 Å². The highest BCUT2D eigenvalue weighted by atomic mass is 15.0. The van der Waals surface area contributed by atoms with Crippen molar-refractivity contribution >= 4 is 10.8 Å². The van der Waals surface area contributed by atoms with Gasteiger partial charge in [0.05, 0.1) is 0 Å². The molecule has 2 aromatic heterocycles. The van der Waals surface area contributed by atoms with Crippen LogP contribution in [0.5, 0.6) is 0 Å². The molecule has 0 aliphatic rings. The highest BCUT2D eigenvalue weighted by Crippen LogP contribution is 2.33. The third-order valence-corrected chi connectivity index (χ3v) is 5.73. The van der Waals surface area contributed by atoms with E-state index in [1.165, 1.54) is 44.5 Å². The van der Waals surface area contributed by atoms with Gasteiger partial charge in [-0.15, -0.1) is 0 Å². The van der Waals surface area contributed by atoms with Gasteiger partial charge < -0.3 is 4.57 Å². The number of fused-ring (bicyclic) bond motifs is 1. The van der Waals surface area contributed by atoms with Gasteiger partial charge in [-0.1, -0.05) is 39.0 Å². The maximum atomic E-state index is 2.37. The molecule has 2 heteroatoms. The third kappa shape index (κ3) is 3.13. The standard InChI is InChI=1S/C26H29N2/c1-18-14-20-10-7-8-11-21(20)17-28(18)25-16-22(26(3,4)5)15-23(19(25)2)24-12-9-13-27(24)6/h7-17H,1-6H3/q+1. The minimum absolute atomic E-state index is 0.0771. The largest absolute Gasteiger partial charge is 0.351 e. The molecule has 0 aliphatic carbocycles. The Labute approximate surface area is 168 Å². The Hall–Kier alpha value is -2.87. The summed E-state index contributed by atoms with van der Waals surface area (Å²) in [4.78, 5) is 0. The predicted octanol–water partition coefficient (Wildman–Crippen LogP) is 6.04. The fourth-order valence-corrected chi connectivity index (χ4v) is 3.94. The summed E-state index contributed by atoms with van der Waals surface area (Å²) < 4.78 is 4.55. The molecule has 2 aromatic carbocycles. The van der Waals surface area contributed by atoms with E-state index in [2.05, 4.69) is 118 Å². The first-order valence-electron chi connectivity index (χ1n) is 9.94. The zero-order chi connectivity index (χ0) is 20.1. The Balaban J connectivity index is 2.04. The van der Waals surface area contributed by atoms with Gasteiger partial charge in [-0.3, -0.25) is 0 Å². The van der Waals surface area contributed by atoms with Gasteiger partial charge in [0.15, 0.2) is 11.9 Å². The van der Waals surface area contributed by atoms with Crippen LogP contribution in [0.3, 0.4) is 0 Å². The summed E-state index contributed by atoms with van der Waals surface area (Å²) >= 11 is 0. The molecule has 0 saturated heterocycles. The van der Waals surface area contributed by atoms with Crippen LogP contribution in [0.15, 0.2) is 67.0 Å². The minimum atomic E-state index is 0.0771. The lowest BCUT2D eigenvalue weighted by atomic mass is 9.84. The van der Waals surface area contributed by atoms with E-state index >= 15 is 0 Å². The number of pyridine rings is 1. The molecule has 0 saturated carbocycles. The third-order valence-electron chi connectivity index (χ3n) is 5.73. The topological polar surface area (TPSA) is 8.81 Å². The van der Waals surface area contributed by atoms with Gasteiger partial charge in [0.2, 0.25) is 5.69 Å². The summed E-state index contributed by atoms with van der Waals surface area (Å²) in [6.07, 6.45) is 4.39. The van der Waals surface area contributed by atoms with Crippen molar-refractivity contribution in [3.8, 4) is 16.9 Å². The first kappa shape index (κ1) is 18.5. The second-order valence-electron chi connectivity index (χ2n) is 8.84. The monoisotopic (exact) mass is 369 g/mol. The molecule has 2 nitrogen and oxygen atoms in total. The molecule has 0 unspecified atom stereocenters. The molecule has 0 radical (unpaired) electrons. The Kier molecular flexibility index (Phi) is 4.38. The maximum Gasteiger partial charge on any atom is 0.214 e. The van der Waals surface area contributed by atoms with E-state index in [-0.39, 0.29) is 5.41 Å². The quantitative estimate of drug-likeness (QED) is 0.381. The molecule has 2 heterocycles. The van der Waals surface area contributed by atoms with Gasteiger partial charge in [0.1, 0.15) is 0 Å². The molecule has 0 aliphatic heterocycles. The van der Waals surface area contributed by atoms with E-state index < -0.39 is 0 Å². The predicted molar refractivity (Wildman–Crippen MR) is 118 cm³/mol. The van der Waals surface area contributed by atoms with Crippen LogP contribution in [-0.4, -0.2) is 4.57 Å². The molecular weight excluding hydrogens is 340 g/mol. The number of nitrogens with zero attached hydrogens (tertiary/aromatic N) is 2. The Morgan fingerprint density at radius 3 is 2.21 bits per heavy atom. The Bertz CT molecular complexity index is 1170. The zero-order valence-electron chi connectivity index (χ0n) is 17.7. The van der Waals surface area contributed by atoms with Crippen molar-refractivity contribution in [3.05, 3.63) is 83.8 Å². The van der Waals surface area contributed by atoms with Crippen LogP contribution in [0.25, 0.3) is 27.7 Å². The molecular formula is C26H29N2+. The first-order valence-corrected chi connectivity index (χ1v) is 9.94. The van der Waals surface area contributed by atoms with E-state index in [0.717, 1.165) is 0 Å². The van der Waals surface area contributed by atoms with Crippen LogP contribution in [-0.2, 0) is 12.5 Å². The van der Waals surface area contributed by atoms with Crippen molar-refractivity contribution < 1.29 is 4.57 Å². The average molecular weight is 370 g/mol. The zero-order valence-corrected chi connectivity index (χ0v) is 17.7. The lowest BCUT2D eigenvalue weighted by Crippen LogP contribution is -2.35. The van der Waals surface area contributed by atoms with E-state index in [1.54, 1.807) is 0 Å². The van der Waals surface area contributed by atoms with Crippen LogP contribution < -0.4 is 4.57 Å². The van der Waals surface area contributed by atoms with Crippen molar-refractivity contribution in [2.75, 3.05) is 0 Å². The fraction of sp³-hybridized carbons (Fsp3) is 0.269. The van der Waals surface area contributed by atoms with Gasteiger partial charge in [-0.2, -0.15) is 4.57 Å². The number of rotatable bonds is 2. The summed E-state index contributed by atoms with van der Waals surface area (Å²) in [6.45, 7) is 11.3. The molecule has 0 bridgehead atoms. The highest BCUT2D eigenvalue weighted by molar-refractivity contribution is 5.81. The molecule has 4 rings (SSSR count). The molecule has 0 spiro atoms. The summed E-state index contributed by atoms with van der Waals surface area (Å²) in [7, 11) is 2.12. The Morgan fingerprint density at radius 1 is 0.857 bits per heavy atom. The summed E-state index contributed by atoms with van der Waals surface area (Å²) in [5, 5.41) is 2.54. The lowest BCUT2D eigenvalue weighted by molar-refractivity contribution is -0.601. The maximum absolute atomic E-state index is 2.37.